The summed E-state index contributed by atoms with van der Waals surface area (Å²) in [6, 6.07) is 65.5. The Morgan fingerprint density at radius 3 is 1.85 bits per heavy atom. The molecule has 10 rings (SSSR count). The first-order valence-corrected chi connectivity index (χ1v) is 19.5. The summed E-state index contributed by atoms with van der Waals surface area (Å²) in [5.74, 6) is 0. The van der Waals surface area contributed by atoms with Crippen LogP contribution < -0.4 is 4.90 Å². The highest BCUT2D eigenvalue weighted by Crippen LogP contribution is 2.53. The van der Waals surface area contributed by atoms with Crippen LogP contribution in [0.5, 0.6) is 0 Å². The van der Waals surface area contributed by atoms with Gasteiger partial charge >= 0.3 is 0 Å². The van der Waals surface area contributed by atoms with Crippen molar-refractivity contribution in [2.75, 3.05) is 4.90 Å². The van der Waals surface area contributed by atoms with E-state index in [1.54, 1.807) is 0 Å². The van der Waals surface area contributed by atoms with Crippen LogP contribution in [0, 0.1) is 0 Å². The van der Waals surface area contributed by atoms with Gasteiger partial charge < -0.3 is 4.90 Å². The van der Waals surface area contributed by atoms with E-state index in [2.05, 4.69) is 195 Å². The zero-order chi connectivity index (χ0) is 36.2. The molecule has 0 saturated carbocycles. The zero-order valence-corrected chi connectivity index (χ0v) is 31.0. The maximum absolute atomic E-state index is 2.48. The van der Waals surface area contributed by atoms with E-state index in [1.807, 2.05) is 0 Å². The summed E-state index contributed by atoms with van der Waals surface area (Å²) in [7, 11) is 0. The summed E-state index contributed by atoms with van der Waals surface area (Å²) in [5.41, 5.74) is 19.4. The molecular formula is C53H43N. The fourth-order valence-corrected chi connectivity index (χ4v) is 9.21. The predicted octanol–water partition coefficient (Wildman–Crippen LogP) is 14.5. The van der Waals surface area contributed by atoms with E-state index in [9.17, 15) is 0 Å². The van der Waals surface area contributed by atoms with Gasteiger partial charge in [0.2, 0.25) is 0 Å². The van der Waals surface area contributed by atoms with Gasteiger partial charge in [0.25, 0.3) is 0 Å². The van der Waals surface area contributed by atoms with Gasteiger partial charge in [0, 0.05) is 22.4 Å². The molecule has 2 aliphatic rings. The van der Waals surface area contributed by atoms with Crippen molar-refractivity contribution in [1.82, 2.24) is 0 Å². The van der Waals surface area contributed by atoms with Crippen LogP contribution in [0.25, 0.3) is 55.3 Å². The molecule has 2 aliphatic carbocycles. The van der Waals surface area contributed by atoms with Crippen molar-refractivity contribution in [3.63, 3.8) is 0 Å². The van der Waals surface area contributed by atoms with Crippen LogP contribution in [0.2, 0.25) is 0 Å². The van der Waals surface area contributed by atoms with Gasteiger partial charge in [-0.2, -0.15) is 0 Å². The first-order chi connectivity index (χ1) is 26.5. The van der Waals surface area contributed by atoms with Gasteiger partial charge in [0.05, 0.1) is 5.69 Å². The lowest BCUT2D eigenvalue weighted by Gasteiger charge is -2.30. The average Bonchev–Trinajstić information content (AvgIpc) is 3.46. The van der Waals surface area contributed by atoms with E-state index in [4.69, 9.17) is 0 Å². The second kappa shape index (κ2) is 13.0. The Balaban J connectivity index is 1.14. The van der Waals surface area contributed by atoms with Gasteiger partial charge in [0.1, 0.15) is 0 Å². The van der Waals surface area contributed by atoms with Crippen molar-refractivity contribution in [2.45, 2.75) is 44.9 Å². The van der Waals surface area contributed by atoms with E-state index in [0.29, 0.717) is 0 Å². The number of aryl methyl sites for hydroxylation is 1. The standard InChI is InChI=1S/C53H43N/c1-53(2)50-22-11-10-20-47(50)49-34-48(40-26-24-39(25-27-40)46-21-12-16-38-14-8-9-19-45(38)46)52(35-51(49)53)54(43-17-4-3-5-18-43)44-31-29-37(30-32-44)42-28-23-36-13-6-7-15-41(36)33-42/h3-7,10-13,15-18,20-35H,8-9,14,19H2,1-2H3. The largest absolute Gasteiger partial charge is 0.310 e. The molecule has 260 valence electrons. The number of benzene rings is 8. The molecule has 8 aromatic rings. The van der Waals surface area contributed by atoms with Gasteiger partial charge in [-0.25, -0.2) is 0 Å². The molecule has 54 heavy (non-hydrogen) atoms. The molecule has 0 radical (unpaired) electrons. The third-order valence-corrected chi connectivity index (χ3v) is 12.1. The molecule has 0 unspecified atom stereocenters. The Morgan fingerprint density at radius 2 is 1.04 bits per heavy atom. The molecule has 1 nitrogen and oxygen atoms in total. The normalized spacial score (nSPS) is 14.0. The summed E-state index contributed by atoms with van der Waals surface area (Å²) in [4.78, 5) is 2.46. The van der Waals surface area contributed by atoms with E-state index in [1.165, 1.54) is 109 Å². The maximum atomic E-state index is 2.48. The highest BCUT2D eigenvalue weighted by Gasteiger charge is 2.37. The van der Waals surface area contributed by atoms with Crippen molar-refractivity contribution >= 4 is 27.8 Å². The molecule has 0 saturated heterocycles. The lowest BCUT2D eigenvalue weighted by Crippen LogP contribution is -2.17. The molecule has 0 aliphatic heterocycles. The van der Waals surface area contributed by atoms with E-state index in [0.717, 1.165) is 11.4 Å². The second-order valence-electron chi connectivity index (χ2n) is 15.6. The third kappa shape index (κ3) is 5.46. The van der Waals surface area contributed by atoms with E-state index >= 15 is 0 Å². The lowest BCUT2D eigenvalue weighted by atomic mass is 9.81. The fraction of sp³-hybridized carbons (Fsp3) is 0.132. The SMILES string of the molecule is CC1(C)c2ccccc2-c2cc(-c3ccc(-c4cccc5c4CCCC5)cc3)c(N(c3ccccc3)c3ccc(-c4ccc5ccccc5c4)cc3)cc21. The molecule has 0 N–H and O–H groups in total. The smallest absolute Gasteiger partial charge is 0.0543 e. The lowest BCUT2D eigenvalue weighted by molar-refractivity contribution is 0.660. The highest BCUT2D eigenvalue weighted by atomic mass is 15.1. The van der Waals surface area contributed by atoms with Gasteiger partial charge in [-0.3, -0.25) is 0 Å². The molecule has 8 aromatic carbocycles. The Hall–Kier alpha value is -6.18. The van der Waals surface area contributed by atoms with Gasteiger partial charge in [0.15, 0.2) is 0 Å². The maximum Gasteiger partial charge on any atom is 0.0543 e. The number of para-hydroxylation sites is 1. The first-order valence-electron chi connectivity index (χ1n) is 19.5. The van der Waals surface area contributed by atoms with Gasteiger partial charge in [-0.05, 0) is 140 Å². The monoisotopic (exact) mass is 693 g/mol. The molecule has 0 amide bonds. The second-order valence-corrected chi connectivity index (χ2v) is 15.6. The molecule has 0 fully saturated rings. The number of hydrogen-bond donors (Lipinski definition) is 0. The van der Waals surface area contributed by atoms with Crippen molar-refractivity contribution in [2.24, 2.45) is 0 Å². The molecule has 0 atom stereocenters. The van der Waals surface area contributed by atoms with Crippen molar-refractivity contribution in [1.29, 1.82) is 0 Å². The third-order valence-electron chi connectivity index (χ3n) is 12.1. The van der Waals surface area contributed by atoms with E-state index < -0.39 is 0 Å². The van der Waals surface area contributed by atoms with Crippen LogP contribution in [0.3, 0.4) is 0 Å². The van der Waals surface area contributed by atoms with Crippen LogP contribution in [0.1, 0.15) is 48.9 Å². The van der Waals surface area contributed by atoms with Crippen molar-refractivity contribution in [3.05, 3.63) is 198 Å². The Morgan fingerprint density at radius 1 is 0.407 bits per heavy atom. The van der Waals surface area contributed by atoms with Crippen molar-refractivity contribution in [3.8, 4) is 44.5 Å². The summed E-state index contributed by atoms with van der Waals surface area (Å²) < 4.78 is 0. The minimum atomic E-state index is -0.127. The Bertz CT molecular complexity index is 2660. The van der Waals surface area contributed by atoms with Crippen LogP contribution in [0.4, 0.5) is 17.1 Å². The van der Waals surface area contributed by atoms with Crippen LogP contribution >= 0.6 is 0 Å². The number of nitrogens with zero attached hydrogens (tertiary/aromatic N) is 1. The number of hydrogen-bond acceptors (Lipinski definition) is 1. The fourth-order valence-electron chi connectivity index (χ4n) is 9.21. The topological polar surface area (TPSA) is 3.24 Å². The summed E-state index contributed by atoms with van der Waals surface area (Å²) in [5, 5.41) is 2.52. The quantitative estimate of drug-likeness (QED) is 0.168. The van der Waals surface area contributed by atoms with Crippen LogP contribution in [-0.4, -0.2) is 0 Å². The van der Waals surface area contributed by atoms with Gasteiger partial charge in [-0.1, -0.05) is 147 Å². The van der Waals surface area contributed by atoms with Crippen LogP contribution in [0.15, 0.2) is 176 Å². The van der Waals surface area contributed by atoms with E-state index in [-0.39, 0.29) is 5.41 Å². The summed E-state index contributed by atoms with van der Waals surface area (Å²) in [6.07, 6.45) is 4.93. The molecule has 0 bridgehead atoms. The minimum absolute atomic E-state index is 0.127. The predicted molar refractivity (Wildman–Crippen MR) is 229 cm³/mol. The molecule has 0 heterocycles. The van der Waals surface area contributed by atoms with Crippen molar-refractivity contribution < 1.29 is 0 Å². The Kier molecular flexibility index (Phi) is 7.84. The van der Waals surface area contributed by atoms with Crippen LogP contribution in [-0.2, 0) is 18.3 Å². The molecular weight excluding hydrogens is 651 g/mol. The summed E-state index contributed by atoms with van der Waals surface area (Å²) in [6.45, 7) is 4.75. The Labute approximate surface area is 319 Å². The molecule has 0 spiro atoms. The highest BCUT2D eigenvalue weighted by molar-refractivity contribution is 5.95. The summed E-state index contributed by atoms with van der Waals surface area (Å²) >= 11 is 0. The zero-order valence-electron chi connectivity index (χ0n) is 31.0. The average molecular weight is 694 g/mol. The minimum Gasteiger partial charge on any atom is -0.310 e. The number of rotatable bonds is 6. The molecule has 0 aromatic heterocycles. The number of anilines is 3. The van der Waals surface area contributed by atoms with Gasteiger partial charge in [-0.15, -0.1) is 0 Å². The first kappa shape index (κ1) is 32.5. The molecule has 1 heteroatoms. The number of fused-ring (bicyclic) bond motifs is 5.